The number of hydrogen-bond donors (Lipinski definition) is 2. The van der Waals surface area contributed by atoms with Crippen LogP contribution in [0.5, 0.6) is 6.01 Å². The van der Waals surface area contributed by atoms with Gasteiger partial charge >= 0.3 is 6.01 Å². The van der Waals surface area contributed by atoms with Crippen LogP contribution in [0, 0.1) is 0 Å². The number of aromatic nitrogens is 4. The lowest BCUT2D eigenvalue weighted by Gasteiger charge is -2.09. The van der Waals surface area contributed by atoms with Crippen molar-refractivity contribution >= 4 is 23.1 Å². The monoisotopic (exact) mass is 374 g/mol. The zero-order valence-corrected chi connectivity index (χ0v) is 14.7. The second kappa shape index (κ2) is 7.23. The van der Waals surface area contributed by atoms with E-state index in [-0.39, 0.29) is 5.69 Å². The number of hydrogen-bond acceptors (Lipinski definition) is 9. The Morgan fingerprint density at radius 3 is 2.29 bits per heavy atom. The Labute approximate surface area is 158 Å². The Morgan fingerprint density at radius 1 is 0.893 bits per heavy atom. The average Bonchev–Trinajstić information content (AvgIpc) is 2.74. The van der Waals surface area contributed by atoms with E-state index in [1.54, 1.807) is 24.7 Å². The molecule has 0 bridgehead atoms. The van der Waals surface area contributed by atoms with Gasteiger partial charge in [0.15, 0.2) is 0 Å². The summed E-state index contributed by atoms with van der Waals surface area (Å²) in [5.41, 5.74) is 1.75. The summed E-state index contributed by atoms with van der Waals surface area (Å²) in [6, 6.07) is 10.7. The summed E-state index contributed by atoms with van der Waals surface area (Å²) < 4.78 is 4.96. The van der Waals surface area contributed by atoms with Crippen molar-refractivity contribution in [3.05, 3.63) is 75.4 Å². The van der Waals surface area contributed by atoms with Crippen molar-refractivity contribution in [1.82, 2.24) is 19.9 Å². The van der Waals surface area contributed by atoms with E-state index >= 15 is 0 Å². The summed E-state index contributed by atoms with van der Waals surface area (Å²) in [7, 11) is 1.52. The summed E-state index contributed by atoms with van der Waals surface area (Å²) in [6.45, 7) is 0. The van der Waals surface area contributed by atoms with Gasteiger partial charge in [0, 0.05) is 35.9 Å². The molecule has 28 heavy (non-hydrogen) atoms. The molecule has 0 fully saturated rings. The van der Waals surface area contributed by atoms with Crippen molar-refractivity contribution in [1.29, 1.82) is 0 Å². The summed E-state index contributed by atoms with van der Waals surface area (Å²) in [6.07, 6.45) is 4.92. The first-order valence-electron chi connectivity index (χ1n) is 8.26. The van der Waals surface area contributed by atoms with Crippen LogP contribution >= 0.6 is 0 Å². The summed E-state index contributed by atoms with van der Waals surface area (Å²) in [5, 5.41) is 5.89. The van der Waals surface area contributed by atoms with Gasteiger partial charge < -0.3 is 15.4 Å². The number of anilines is 4. The molecule has 0 unspecified atom stereocenters. The van der Waals surface area contributed by atoms with Crippen molar-refractivity contribution in [3.8, 4) is 17.1 Å². The minimum absolute atomic E-state index is 0.223. The predicted octanol–water partition coefficient (Wildman–Crippen LogP) is 2.03. The zero-order chi connectivity index (χ0) is 19.5. The topological polar surface area (TPSA) is 119 Å². The van der Waals surface area contributed by atoms with Crippen LogP contribution in [-0.2, 0) is 0 Å². The smallest absolute Gasteiger partial charge is 0.316 e. The van der Waals surface area contributed by atoms with Gasteiger partial charge in [0.05, 0.1) is 12.8 Å². The number of benzene rings is 1. The third-order valence-electron chi connectivity index (χ3n) is 3.95. The maximum atomic E-state index is 11.4. The molecule has 0 amide bonds. The molecule has 9 heteroatoms. The largest absolute Gasteiger partial charge is 0.467 e. The molecule has 0 aliphatic heterocycles. The first kappa shape index (κ1) is 17.3. The molecular formula is C19H14N6O3. The molecule has 0 aliphatic carbocycles. The van der Waals surface area contributed by atoms with E-state index in [0.29, 0.717) is 17.8 Å². The minimum Gasteiger partial charge on any atom is -0.467 e. The fourth-order valence-electron chi connectivity index (χ4n) is 2.48. The van der Waals surface area contributed by atoms with E-state index in [2.05, 4.69) is 30.6 Å². The van der Waals surface area contributed by atoms with Crippen LogP contribution in [0.3, 0.4) is 0 Å². The van der Waals surface area contributed by atoms with Crippen molar-refractivity contribution in [3.63, 3.8) is 0 Å². The average molecular weight is 374 g/mol. The number of rotatable bonds is 6. The molecule has 0 spiro atoms. The Kier molecular flexibility index (Phi) is 4.47. The van der Waals surface area contributed by atoms with Crippen molar-refractivity contribution in [2.24, 2.45) is 0 Å². The molecular weight excluding hydrogens is 360 g/mol. The SMILES string of the molecule is COc1ncc(-c2ccc(Nc3nccc(Nc4cc(=O)c4=O)n3)cc2)cn1. The van der Waals surface area contributed by atoms with Gasteiger partial charge in [-0.3, -0.25) is 9.59 Å². The molecule has 4 rings (SSSR count). The second-order valence-electron chi connectivity index (χ2n) is 5.80. The Balaban J connectivity index is 1.47. The molecule has 2 aromatic carbocycles. The molecule has 9 nitrogen and oxygen atoms in total. The number of ether oxygens (including phenoxy) is 1. The maximum absolute atomic E-state index is 11.4. The number of methoxy groups -OCH3 is 1. The van der Waals surface area contributed by atoms with E-state index in [0.717, 1.165) is 16.8 Å². The minimum atomic E-state index is -0.550. The van der Waals surface area contributed by atoms with Crippen LogP contribution in [0.15, 0.2) is 64.6 Å². The van der Waals surface area contributed by atoms with Gasteiger partial charge in [-0.1, -0.05) is 12.1 Å². The van der Waals surface area contributed by atoms with Crippen molar-refractivity contribution < 1.29 is 4.74 Å². The van der Waals surface area contributed by atoms with Crippen LogP contribution in [0.1, 0.15) is 0 Å². The lowest BCUT2D eigenvalue weighted by atomic mass is 10.1. The summed E-state index contributed by atoms with van der Waals surface area (Å²) >= 11 is 0. The maximum Gasteiger partial charge on any atom is 0.316 e. The summed E-state index contributed by atoms with van der Waals surface area (Å²) in [5.74, 6) is 0.765. The van der Waals surface area contributed by atoms with Gasteiger partial charge in [-0.2, -0.15) is 4.98 Å². The molecule has 2 aromatic heterocycles. The highest BCUT2D eigenvalue weighted by atomic mass is 16.5. The van der Waals surface area contributed by atoms with E-state index in [4.69, 9.17) is 4.74 Å². The molecule has 4 aromatic rings. The molecule has 138 valence electrons. The molecule has 2 N–H and O–H groups in total. The second-order valence-corrected chi connectivity index (χ2v) is 5.80. The zero-order valence-electron chi connectivity index (χ0n) is 14.7. The molecule has 0 aliphatic rings. The van der Waals surface area contributed by atoms with Crippen LogP contribution < -0.4 is 26.2 Å². The molecule has 0 saturated heterocycles. The Bertz CT molecular complexity index is 1180. The molecule has 2 heterocycles. The van der Waals surface area contributed by atoms with E-state index in [9.17, 15) is 9.59 Å². The van der Waals surface area contributed by atoms with Crippen molar-refractivity contribution in [2.45, 2.75) is 0 Å². The first-order valence-corrected chi connectivity index (χ1v) is 8.26. The molecule has 0 saturated carbocycles. The molecule has 0 atom stereocenters. The third kappa shape index (κ3) is 3.54. The number of nitrogens with zero attached hydrogens (tertiary/aromatic N) is 4. The highest BCUT2D eigenvalue weighted by Crippen LogP contribution is 2.22. The molecule has 0 radical (unpaired) electrons. The quantitative estimate of drug-likeness (QED) is 0.488. The van der Waals surface area contributed by atoms with Crippen LogP contribution in [0.25, 0.3) is 11.1 Å². The fraction of sp³-hybridized carbons (Fsp3) is 0.0526. The van der Waals surface area contributed by atoms with Gasteiger partial charge in [-0.05, 0) is 23.8 Å². The lowest BCUT2D eigenvalue weighted by molar-refractivity contribution is 0.380. The predicted molar refractivity (Wildman–Crippen MR) is 104 cm³/mol. The van der Waals surface area contributed by atoms with Crippen LogP contribution in [0.4, 0.5) is 23.1 Å². The van der Waals surface area contributed by atoms with Gasteiger partial charge in [0.2, 0.25) is 16.8 Å². The standard InChI is InChI=1S/C19H14N6O3/c1-28-19-21-9-12(10-22-19)11-2-4-13(5-3-11)23-18-20-7-6-16(25-18)24-14-8-15(26)17(14)27/h2-10H,1H3,(H2,20,23,24,25). The van der Waals surface area contributed by atoms with E-state index in [1.165, 1.54) is 13.2 Å². The van der Waals surface area contributed by atoms with Gasteiger partial charge in [-0.25, -0.2) is 15.0 Å². The highest BCUT2D eigenvalue weighted by molar-refractivity contribution is 5.66. The third-order valence-corrected chi connectivity index (χ3v) is 3.95. The first-order chi connectivity index (χ1) is 13.6. The fourth-order valence-corrected chi connectivity index (χ4v) is 2.48. The van der Waals surface area contributed by atoms with Crippen molar-refractivity contribution in [2.75, 3.05) is 17.7 Å². The lowest BCUT2D eigenvalue weighted by Crippen LogP contribution is -2.31. The highest BCUT2D eigenvalue weighted by Gasteiger charge is 2.10. The number of nitrogens with one attached hydrogen (secondary N) is 2. The van der Waals surface area contributed by atoms with E-state index in [1.807, 2.05) is 24.3 Å². The van der Waals surface area contributed by atoms with Gasteiger partial charge in [0.1, 0.15) is 5.82 Å². The van der Waals surface area contributed by atoms with Crippen LogP contribution in [-0.4, -0.2) is 27.0 Å². The Hall–Kier alpha value is -4.14. The summed E-state index contributed by atoms with van der Waals surface area (Å²) in [4.78, 5) is 39.0. The van der Waals surface area contributed by atoms with Crippen LogP contribution in [0.2, 0.25) is 0 Å². The van der Waals surface area contributed by atoms with Gasteiger partial charge in [0.25, 0.3) is 0 Å². The van der Waals surface area contributed by atoms with E-state index < -0.39 is 10.9 Å². The van der Waals surface area contributed by atoms with Gasteiger partial charge in [-0.15, -0.1) is 0 Å². The Morgan fingerprint density at radius 2 is 1.64 bits per heavy atom. The normalized spacial score (nSPS) is 10.6.